The van der Waals surface area contributed by atoms with Crippen molar-refractivity contribution >= 4 is 17.6 Å². The van der Waals surface area contributed by atoms with Crippen molar-refractivity contribution in [3.8, 4) is 0 Å². The summed E-state index contributed by atoms with van der Waals surface area (Å²) in [6.07, 6.45) is 1.92. The highest BCUT2D eigenvalue weighted by molar-refractivity contribution is 5.98. The number of rotatable bonds is 3. The molecule has 0 bridgehead atoms. The predicted octanol–water partition coefficient (Wildman–Crippen LogP) is 0.104. The van der Waals surface area contributed by atoms with Crippen LogP contribution in [0, 0.1) is 0 Å². The Hall–Kier alpha value is -2.12. The number of fused-ring (bicyclic) bond motifs is 1. The number of piperidine rings is 1. The third-order valence-corrected chi connectivity index (χ3v) is 4.72. The molecule has 7 heteroatoms. The zero-order valence-electron chi connectivity index (χ0n) is 13.6. The largest absolute Gasteiger partial charge is 0.393 e. The van der Waals surface area contributed by atoms with Gasteiger partial charge in [-0.05, 0) is 30.9 Å². The highest BCUT2D eigenvalue weighted by Crippen LogP contribution is 2.27. The van der Waals surface area contributed by atoms with Gasteiger partial charge >= 0.3 is 6.03 Å². The van der Waals surface area contributed by atoms with Crippen LogP contribution in [0.1, 0.15) is 18.4 Å². The molecular formula is C17H23N3O4. The second-order valence-corrected chi connectivity index (χ2v) is 6.49. The van der Waals surface area contributed by atoms with Gasteiger partial charge in [0.1, 0.15) is 5.60 Å². The lowest BCUT2D eigenvalue weighted by atomic mass is 9.94. The van der Waals surface area contributed by atoms with Gasteiger partial charge in [-0.25, -0.2) is 4.79 Å². The van der Waals surface area contributed by atoms with Crippen LogP contribution < -0.4 is 10.2 Å². The van der Waals surface area contributed by atoms with E-state index >= 15 is 0 Å². The number of aliphatic hydroxyl groups excluding tert-OH is 1. The van der Waals surface area contributed by atoms with Gasteiger partial charge in [-0.15, -0.1) is 0 Å². The third-order valence-electron chi connectivity index (χ3n) is 4.72. The Kier molecular flexibility index (Phi) is 4.73. The minimum atomic E-state index is -1.24. The van der Waals surface area contributed by atoms with Crippen LogP contribution in [0.25, 0.3) is 0 Å². The molecule has 1 unspecified atom stereocenters. The van der Waals surface area contributed by atoms with Crippen LogP contribution in [-0.2, 0) is 11.2 Å². The summed E-state index contributed by atoms with van der Waals surface area (Å²) in [5, 5.41) is 22.0. The first kappa shape index (κ1) is 16.7. The Labute approximate surface area is 140 Å². The Morgan fingerprint density at radius 3 is 2.83 bits per heavy atom. The van der Waals surface area contributed by atoms with Crippen molar-refractivity contribution in [1.29, 1.82) is 0 Å². The molecule has 3 amide bonds. The topological polar surface area (TPSA) is 93.1 Å². The quantitative estimate of drug-likeness (QED) is 0.732. The summed E-state index contributed by atoms with van der Waals surface area (Å²) in [4.78, 5) is 27.7. The Morgan fingerprint density at radius 2 is 2.04 bits per heavy atom. The van der Waals surface area contributed by atoms with E-state index in [0.29, 0.717) is 25.9 Å². The summed E-state index contributed by atoms with van der Waals surface area (Å²) < 4.78 is 0. The van der Waals surface area contributed by atoms with Crippen LogP contribution in [0.4, 0.5) is 10.5 Å². The molecule has 1 saturated heterocycles. The summed E-state index contributed by atoms with van der Waals surface area (Å²) in [7, 11) is 0. The molecule has 0 radical (unpaired) electrons. The van der Waals surface area contributed by atoms with Crippen LogP contribution in [0.15, 0.2) is 24.3 Å². The number of para-hydroxylation sites is 1. The molecule has 7 nitrogen and oxygen atoms in total. The van der Waals surface area contributed by atoms with Crippen molar-refractivity contribution < 1.29 is 19.8 Å². The zero-order chi connectivity index (χ0) is 17.2. The normalized spacial score (nSPS) is 23.1. The number of β-amino-alcohol motifs (C(OH)–C–C–N with tert-alkyl or cyclic N) is 1. The SMILES string of the molecule is O=C(NCC(=O)N1CCc2ccccc21)N1CCCC(O)(CO)C1. The number of amides is 3. The van der Waals surface area contributed by atoms with Crippen LogP contribution in [0.5, 0.6) is 0 Å². The van der Waals surface area contributed by atoms with E-state index in [1.807, 2.05) is 24.3 Å². The molecule has 2 aliphatic heterocycles. The summed E-state index contributed by atoms with van der Waals surface area (Å²) in [5.41, 5.74) is 0.804. The predicted molar refractivity (Wildman–Crippen MR) is 88.7 cm³/mol. The molecule has 1 atom stereocenters. The highest BCUT2D eigenvalue weighted by Gasteiger charge is 2.35. The molecule has 3 rings (SSSR count). The van der Waals surface area contributed by atoms with E-state index in [4.69, 9.17) is 0 Å². The molecule has 0 aliphatic carbocycles. The first-order valence-corrected chi connectivity index (χ1v) is 8.27. The summed E-state index contributed by atoms with van der Waals surface area (Å²) in [6.45, 7) is 0.758. The average Bonchev–Trinajstić information content (AvgIpc) is 3.03. The second kappa shape index (κ2) is 6.78. The Morgan fingerprint density at radius 1 is 1.25 bits per heavy atom. The number of carbonyl (C=O) groups is 2. The van der Waals surface area contributed by atoms with Crippen molar-refractivity contribution in [2.75, 3.05) is 37.7 Å². The number of hydrogen-bond acceptors (Lipinski definition) is 4. The lowest BCUT2D eigenvalue weighted by Gasteiger charge is -2.37. The molecule has 1 aromatic carbocycles. The summed E-state index contributed by atoms with van der Waals surface area (Å²) >= 11 is 0. The van der Waals surface area contributed by atoms with Gasteiger partial charge < -0.3 is 25.3 Å². The molecule has 130 valence electrons. The Bertz CT molecular complexity index is 636. The molecule has 0 spiro atoms. The maximum absolute atomic E-state index is 12.4. The monoisotopic (exact) mass is 333 g/mol. The second-order valence-electron chi connectivity index (χ2n) is 6.49. The molecule has 24 heavy (non-hydrogen) atoms. The molecule has 2 aliphatic rings. The molecule has 1 aromatic rings. The van der Waals surface area contributed by atoms with Crippen molar-refractivity contribution in [2.45, 2.75) is 24.9 Å². The van der Waals surface area contributed by atoms with Gasteiger partial charge in [0, 0.05) is 18.8 Å². The van der Waals surface area contributed by atoms with Crippen molar-refractivity contribution in [3.05, 3.63) is 29.8 Å². The van der Waals surface area contributed by atoms with Crippen molar-refractivity contribution in [2.24, 2.45) is 0 Å². The smallest absolute Gasteiger partial charge is 0.317 e. The maximum atomic E-state index is 12.4. The maximum Gasteiger partial charge on any atom is 0.317 e. The van der Waals surface area contributed by atoms with Gasteiger partial charge in [-0.3, -0.25) is 4.79 Å². The molecule has 0 saturated carbocycles. The lowest BCUT2D eigenvalue weighted by Crippen LogP contribution is -2.55. The van der Waals surface area contributed by atoms with E-state index < -0.39 is 5.60 Å². The lowest BCUT2D eigenvalue weighted by molar-refractivity contribution is -0.117. The number of benzene rings is 1. The van der Waals surface area contributed by atoms with E-state index in [1.54, 1.807) is 4.90 Å². The number of hydrogen-bond donors (Lipinski definition) is 3. The fourth-order valence-corrected chi connectivity index (χ4v) is 3.37. The van der Waals surface area contributed by atoms with Gasteiger partial charge in [0.05, 0.1) is 19.7 Å². The van der Waals surface area contributed by atoms with Gasteiger partial charge in [-0.2, -0.15) is 0 Å². The van der Waals surface area contributed by atoms with Crippen LogP contribution in [0.3, 0.4) is 0 Å². The molecule has 1 fully saturated rings. The van der Waals surface area contributed by atoms with Crippen LogP contribution in [-0.4, -0.2) is 65.4 Å². The van der Waals surface area contributed by atoms with Gasteiger partial charge in [0.25, 0.3) is 0 Å². The fraction of sp³-hybridized carbons (Fsp3) is 0.529. The number of aliphatic hydroxyl groups is 2. The standard InChI is InChI=1S/C17H23N3O4/c21-12-17(24)7-3-8-19(11-17)16(23)18-10-15(22)20-9-6-13-4-1-2-5-14(13)20/h1-2,4-5,21,24H,3,6-12H2,(H,18,23). The average molecular weight is 333 g/mol. The highest BCUT2D eigenvalue weighted by atomic mass is 16.3. The number of carbonyl (C=O) groups excluding carboxylic acids is 2. The third kappa shape index (κ3) is 3.37. The van der Waals surface area contributed by atoms with Crippen molar-refractivity contribution in [3.63, 3.8) is 0 Å². The Balaban J connectivity index is 1.54. The molecule has 3 N–H and O–H groups in total. The van der Waals surface area contributed by atoms with E-state index in [1.165, 1.54) is 4.90 Å². The molecule has 2 heterocycles. The van der Waals surface area contributed by atoms with Crippen molar-refractivity contribution in [1.82, 2.24) is 10.2 Å². The number of likely N-dealkylation sites (tertiary alicyclic amines) is 1. The number of nitrogens with one attached hydrogen (secondary N) is 1. The van der Waals surface area contributed by atoms with E-state index in [2.05, 4.69) is 5.32 Å². The minimum absolute atomic E-state index is 0.0794. The summed E-state index contributed by atoms with van der Waals surface area (Å²) in [5.74, 6) is -0.150. The van der Waals surface area contributed by atoms with E-state index in [0.717, 1.165) is 17.7 Å². The fourth-order valence-electron chi connectivity index (χ4n) is 3.37. The minimum Gasteiger partial charge on any atom is -0.393 e. The molecule has 0 aromatic heterocycles. The van der Waals surface area contributed by atoms with Crippen LogP contribution >= 0.6 is 0 Å². The van der Waals surface area contributed by atoms with Gasteiger partial charge in [-0.1, -0.05) is 18.2 Å². The molecular weight excluding hydrogens is 310 g/mol. The summed E-state index contributed by atoms with van der Waals surface area (Å²) in [6, 6.07) is 7.38. The number of anilines is 1. The number of nitrogens with zero attached hydrogens (tertiary/aromatic N) is 2. The first-order chi connectivity index (χ1) is 11.5. The van der Waals surface area contributed by atoms with E-state index in [-0.39, 0.29) is 31.6 Å². The van der Waals surface area contributed by atoms with Gasteiger partial charge in [0.2, 0.25) is 5.91 Å². The van der Waals surface area contributed by atoms with E-state index in [9.17, 15) is 19.8 Å². The zero-order valence-corrected chi connectivity index (χ0v) is 13.6. The first-order valence-electron chi connectivity index (χ1n) is 8.27. The number of urea groups is 1. The van der Waals surface area contributed by atoms with Gasteiger partial charge in [0.15, 0.2) is 0 Å². The van der Waals surface area contributed by atoms with Crippen LogP contribution in [0.2, 0.25) is 0 Å².